The van der Waals surface area contributed by atoms with E-state index in [9.17, 15) is 4.39 Å². The first-order valence-electron chi connectivity index (χ1n) is 6.17. The number of furan rings is 1. The SMILES string of the molecule is CNC(c1ccc(COC)o1)c1cccc(C)c1F. The number of aryl methyl sites for hydroxylation is 1. The lowest BCUT2D eigenvalue weighted by molar-refractivity contribution is 0.162. The third-order valence-electron chi connectivity index (χ3n) is 3.07. The van der Waals surface area contributed by atoms with E-state index < -0.39 is 0 Å². The molecule has 0 saturated carbocycles. The Balaban J connectivity index is 2.35. The first kappa shape index (κ1) is 13.8. The largest absolute Gasteiger partial charge is 0.462 e. The van der Waals surface area contributed by atoms with Crippen molar-refractivity contribution in [1.29, 1.82) is 0 Å². The fraction of sp³-hybridized carbons (Fsp3) is 0.333. The van der Waals surface area contributed by atoms with Gasteiger partial charge in [-0.2, -0.15) is 0 Å². The molecule has 102 valence electrons. The van der Waals surface area contributed by atoms with Gasteiger partial charge in [0, 0.05) is 12.7 Å². The first-order valence-corrected chi connectivity index (χ1v) is 6.17. The fourth-order valence-electron chi connectivity index (χ4n) is 2.11. The van der Waals surface area contributed by atoms with Crippen LogP contribution < -0.4 is 5.32 Å². The van der Waals surface area contributed by atoms with Gasteiger partial charge in [0.25, 0.3) is 0 Å². The predicted octanol–water partition coefficient (Wildman–Crippen LogP) is 3.18. The van der Waals surface area contributed by atoms with Crippen LogP contribution in [0.2, 0.25) is 0 Å². The van der Waals surface area contributed by atoms with Gasteiger partial charge in [0.05, 0.1) is 6.04 Å². The maximum atomic E-state index is 14.2. The molecule has 1 heterocycles. The van der Waals surface area contributed by atoms with Gasteiger partial charge in [-0.1, -0.05) is 18.2 Å². The molecule has 2 rings (SSSR count). The van der Waals surface area contributed by atoms with Gasteiger partial charge in [-0.25, -0.2) is 4.39 Å². The molecular formula is C15H18FNO2. The van der Waals surface area contributed by atoms with Gasteiger partial charge in [-0.3, -0.25) is 0 Å². The Morgan fingerprint density at radius 3 is 2.79 bits per heavy atom. The predicted molar refractivity (Wildman–Crippen MR) is 71.5 cm³/mol. The summed E-state index contributed by atoms with van der Waals surface area (Å²) < 4.78 is 24.9. The van der Waals surface area contributed by atoms with Crippen LogP contribution >= 0.6 is 0 Å². The number of rotatable bonds is 5. The van der Waals surface area contributed by atoms with Crippen molar-refractivity contribution in [3.8, 4) is 0 Å². The zero-order valence-electron chi connectivity index (χ0n) is 11.4. The van der Waals surface area contributed by atoms with E-state index in [1.165, 1.54) is 0 Å². The maximum absolute atomic E-state index is 14.2. The molecule has 2 aromatic rings. The van der Waals surface area contributed by atoms with E-state index >= 15 is 0 Å². The molecule has 4 heteroatoms. The number of halogens is 1. The molecule has 0 spiro atoms. The summed E-state index contributed by atoms with van der Waals surface area (Å²) in [6, 6.07) is 8.75. The molecule has 1 N–H and O–H groups in total. The summed E-state index contributed by atoms with van der Waals surface area (Å²) in [5.41, 5.74) is 1.21. The molecule has 0 amide bonds. The number of ether oxygens (including phenoxy) is 1. The molecule has 1 unspecified atom stereocenters. The van der Waals surface area contributed by atoms with Gasteiger partial charge in [-0.15, -0.1) is 0 Å². The number of methoxy groups -OCH3 is 1. The first-order chi connectivity index (χ1) is 9.17. The molecular weight excluding hydrogens is 245 g/mol. The molecule has 0 bridgehead atoms. The lowest BCUT2D eigenvalue weighted by Gasteiger charge is -2.16. The van der Waals surface area contributed by atoms with Crippen LogP contribution in [0.15, 0.2) is 34.7 Å². The fourth-order valence-corrected chi connectivity index (χ4v) is 2.11. The van der Waals surface area contributed by atoms with Crippen LogP contribution in [0.1, 0.15) is 28.7 Å². The third kappa shape index (κ3) is 2.85. The van der Waals surface area contributed by atoms with Crippen molar-refractivity contribution in [2.75, 3.05) is 14.2 Å². The lowest BCUT2D eigenvalue weighted by atomic mass is 10.0. The molecule has 1 aromatic carbocycles. The quantitative estimate of drug-likeness (QED) is 0.899. The Bertz CT molecular complexity index is 551. The van der Waals surface area contributed by atoms with Crippen LogP contribution in [0, 0.1) is 12.7 Å². The Hall–Kier alpha value is -1.65. The van der Waals surface area contributed by atoms with Gasteiger partial charge < -0.3 is 14.5 Å². The molecule has 0 aliphatic heterocycles. The molecule has 0 aliphatic rings. The summed E-state index contributed by atoms with van der Waals surface area (Å²) in [5, 5.41) is 3.08. The Kier molecular flexibility index (Phi) is 4.35. The second-order valence-electron chi connectivity index (χ2n) is 4.44. The van der Waals surface area contributed by atoms with Crippen LogP contribution in [0.4, 0.5) is 4.39 Å². The van der Waals surface area contributed by atoms with Crippen molar-refractivity contribution < 1.29 is 13.5 Å². The van der Waals surface area contributed by atoms with Gasteiger partial charge in [0.1, 0.15) is 23.9 Å². The monoisotopic (exact) mass is 263 g/mol. The number of hydrogen-bond donors (Lipinski definition) is 1. The van der Waals surface area contributed by atoms with E-state index in [-0.39, 0.29) is 11.9 Å². The molecule has 0 fully saturated rings. The summed E-state index contributed by atoms with van der Waals surface area (Å²) in [6.07, 6.45) is 0. The zero-order valence-corrected chi connectivity index (χ0v) is 11.4. The van der Waals surface area contributed by atoms with Crippen molar-refractivity contribution in [3.05, 3.63) is 58.8 Å². The highest BCUT2D eigenvalue weighted by atomic mass is 19.1. The molecule has 3 nitrogen and oxygen atoms in total. The van der Waals surface area contributed by atoms with Gasteiger partial charge in [-0.05, 0) is 31.7 Å². The van der Waals surface area contributed by atoms with Crippen molar-refractivity contribution in [3.63, 3.8) is 0 Å². The van der Waals surface area contributed by atoms with E-state index in [0.717, 1.165) is 5.76 Å². The molecule has 0 aliphatic carbocycles. The van der Waals surface area contributed by atoms with Crippen molar-refractivity contribution in [1.82, 2.24) is 5.32 Å². The Labute approximate surface area is 112 Å². The van der Waals surface area contributed by atoms with Crippen LogP contribution in [0.3, 0.4) is 0 Å². The minimum absolute atomic E-state index is 0.202. The van der Waals surface area contributed by atoms with Crippen LogP contribution in [0.25, 0.3) is 0 Å². The summed E-state index contributed by atoms with van der Waals surface area (Å²) in [5.74, 6) is 1.21. The minimum Gasteiger partial charge on any atom is -0.462 e. The van der Waals surface area contributed by atoms with Crippen molar-refractivity contribution >= 4 is 0 Å². The second kappa shape index (κ2) is 5.99. The highest BCUT2D eigenvalue weighted by molar-refractivity contribution is 5.32. The highest BCUT2D eigenvalue weighted by Crippen LogP contribution is 2.27. The lowest BCUT2D eigenvalue weighted by Crippen LogP contribution is -2.18. The normalized spacial score (nSPS) is 12.6. The zero-order chi connectivity index (χ0) is 13.8. The summed E-state index contributed by atoms with van der Waals surface area (Å²) in [4.78, 5) is 0. The van der Waals surface area contributed by atoms with Crippen LogP contribution in [-0.2, 0) is 11.3 Å². The number of benzene rings is 1. The third-order valence-corrected chi connectivity index (χ3v) is 3.07. The second-order valence-corrected chi connectivity index (χ2v) is 4.44. The topological polar surface area (TPSA) is 34.4 Å². The van der Waals surface area contributed by atoms with Gasteiger partial charge in [0.2, 0.25) is 0 Å². The van der Waals surface area contributed by atoms with Crippen molar-refractivity contribution in [2.45, 2.75) is 19.6 Å². The number of nitrogens with one attached hydrogen (secondary N) is 1. The van der Waals surface area contributed by atoms with E-state index in [1.807, 2.05) is 18.2 Å². The summed E-state index contributed by atoms with van der Waals surface area (Å²) in [6.45, 7) is 2.16. The maximum Gasteiger partial charge on any atom is 0.131 e. The Morgan fingerprint density at radius 1 is 1.32 bits per heavy atom. The molecule has 19 heavy (non-hydrogen) atoms. The average molecular weight is 263 g/mol. The highest BCUT2D eigenvalue weighted by Gasteiger charge is 2.20. The van der Waals surface area contributed by atoms with Gasteiger partial charge >= 0.3 is 0 Å². The van der Waals surface area contributed by atoms with Crippen molar-refractivity contribution in [2.24, 2.45) is 0 Å². The number of hydrogen-bond acceptors (Lipinski definition) is 3. The van der Waals surface area contributed by atoms with E-state index in [4.69, 9.17) is 9.15 Å². The van der Waals surface area contributed by atoms with Crippen LogP contribution in [0.5, 0.6) is 0 Å². The summed E-state index contributed by atoms with van der Waals surface area (Å²) in [7, 11) is 3.39. The molecule has 0 saturated heterocycles. The van der Waals surface area contributed by atoms with E-state index in [2.05, 4.69) is 5.32 Å². The summed E-state index contributed by atoms with van der Waals surface area (Å²) >= 11 is 0. The molecule has 0 radical (unpaired) electrons. The van der Waals surface area contributed by atoms with E-state index in [1.54, 1.807) is 33.2 Å². The minimum atomic E-state index is -0.300. The smallest absolute Gasteiger partial charge is 0.131 e. The van der Waals surface area contributed by atoms with Gasteiger partial charge in [0.15, 0.2) is 0 Å². The molecule has 1 aromatic heterocycles. The molecule has 1 atom stereocenters. The van der Waals surface area contributed by atoms with E-state index in [0.29, 0.717) is 23.5 Å². The Morgan fingerprint density at radius 2 is 2.11 bits per heavy atom. The standard InChI is InChI=1S/C15H18FNO2/c1-10-5-4-6-12(14(10)16)15(17-2)13-8-7-11(19-13)9-18-3/h4-8,15,17H,9H2,1-3H3. The average Bonchev–Trinajstić information content (AvgIpc) is 2.84. The van der Waals surface area contributed by atoms with Crippen LogP contribution in [-0.4, -0.2) is 14.2 Å².